The van der Waals surface area contributed by atoms with E-state index in [4.69, 9.17) is 4.74 Å². The number of ether oxygens (including phenoxy) is 1. The Labute approximate surface area is 107 Å². The largest absolute Gasteiger partial charge is 0.478 e. The highest BCUT2D eigenvalue weighted by Crippen LogP contribution is 2.28. The van der Waals surface area contributed by atoms with Crippen molar-refractivity contribution in [2.75, 3.05) is 18.6 Å². The van der Waals surface area contributed by atoms with Gasteiger partial charge in [0.1, 0.15) is 0 Å². The van der Waals surface area contributed by atoms with E-state index in [1.165, 1.54) is 0 Å². The number of carbonyl (C=O) groups is 1. The first-order valence-electron chi connectivity index (χ1n) is 6.19. The van der Waals surface area contributed by atoms with E-state index < -0.39 is 5.97 Å². The fourth-order valence-corrected chi connectivity index (χ4v) is 2.52. The van der Waals surface area contributed by atoms with Gasteiger partial charge in [-0.1, -0.05) is 6.07 Å². The van der Waals surface area contributed by atoms with Crippen molar-refractivity contribution in [2.45, 2.75) is 32.4 Å². The van der Waals surface area contributed by atoms with Gasteiger partial charge in [-0.25, -0.2) is 4.79 Å². The maximum absolute atomic E-state index is 11.3. The van der Waals surface area contributed by atoms with Crippen molar-refractivity contribution < 1.29 is 14.6 Å². The normalized spacial score (nSPS) is 23.1. The van der Waals surface area contributed by atoms with Crippen molar-refractivity contribution in [1.82, 2.24) is 0 Å². The van der Waals surface area contributed by atoms with Crippen LogP contribution >= 0.6 is 0 Å². The molecule has 4 heteroatoms. The van der Waals surface area contributed by atoms with E-state index in [9.17, 15) is 9.90 Å². The number of carboxylic acids is 1. The van der Waals surface area contributed by atoms with Gasteiger partial charge < -0.3 is 14.7 Å². The molecular formula is C14H19NO3. The first kappa shape index (κ1) is 12.9. The van der Waals surface area contributed by atoms with Gasteiger partial charge in [0.05, 0.1) is 23.4 Å². The Hall–Kier alpha value is -1.55. The number of hydrogen-bond acceptors (Lipinski definition) is 3. The van der Waals surface area contributed by atoms with Gasteiger partial charge in [0, 0.05) is 13.7 Å². The van der Waals surface area contributed by atoms with Crippen LogP contribution in [0.25, 0.3) is 0 Å². The number of benzene rings is 1. The smallest absolute Gasteiger partial charge is 0.337 e. The van der Waals surface area contributed by atoms with Crippen molar-refractivity contribution in [3.63, 3.8) is 0 Å². The quantitative estimate of drug-likeness (QED) is 0.893. The van der Waals surface area contributed by atoms with E-state index in [-0.39, 0.29) is 12.1 Å². The second-order valence-corrected chi connectivity index (χ2v) is 4.87. The van der Waals surface area contributed by atoms with Crippen LogP contribution in [0.3, 0.4) is 0 Å². The minimum absolute atomic E-state index is 0.136. The Bertz CT molecular complexity index is 458. The van der Waals surface area contributed by atoms with Gasteiger partial charge in [-0.3, -0.25) is 0 Å². The predicted molar refractivity (Wildman–Crippen MR) is 70.4 cm³/mol. The molecule has 0 amide bonds. The zero-order valence-corrected chi connectivity index (χ0v) is 11.0. The number of rotatable bonds is 3. The third-order valence-electron chi connectivity index (χ3n) is 3.60. The summed E-state index contributed by atoms with van der Waals surface area (Å²) in [4.78, 5) is 13.3. The van der Waals surface area contributed by atoms with Crippen LogP contribution in [0, 0.1) is 6.92 Å². The van der Waals surface area contributed by atoms with Gasteiger partial charge in [0.15, 0.2) is 0 Å². The van der Waals surface area contributed by atoms with E-state index >= 15 is 0 Å². The molecule has 1 aromatic rings. The van der Waals surface area contributed by atoms with Crippen molar-refractivity contribution >= 4 is 11.7 Å². The fourth-order valence-electron chi connectivity index (χ4n) is 2.52. The molecule has 0 saturated carbocycles. The highest BCUT2D eigenvalue weighted by Gasteiger charge is 2.29. The monoisotopic (exact) mass is 249 g/mol. The van der Waals surface area contributed by atoms with Crippen molar-refractivity contribution in [2.24, 2.45) is 0 Å². The summed E-state index contributed by atoms with van der Waals surface area (Å²) in [6.45, 7) is 4.74. The molecule has 1 aliphatic heterocycles. The first-order valence-corrected chi connectivity index (χ1v) is 6.19. The van der Waals surface area contributed by atoms with Crippen molar-refractivity contribution in [3.05, 3.63) is 29.3 Å². The SMILES string of the molecule is Cc1ccc(C(=O)O)c(N(C)C2CCOC2C)c1. The van der Waals surface area contributed by atoms with Gasteiger partial charge in [-0.15, -0.1) is 0 Å². The van der Waals surface area contributed by atoms with Gasteiger partial charge in [-0.2, -0.15) is 0 Å². The van der Waals surface area contributed by atoms with Gasteiger partial charge in [0.25, 0.3) is 0 Å². The Morgan fingerprint density at radius 1 is 1.50 bits per heavy atom. The first-order chi connectivity index (χ1) is 8.50. The third kappa shape index (κ3) is 2.34. The van der Waals surface area contributed by atoms with Crippen LogP contribution in [0.1, 0.15) is 29.3 Å². The third-order valence-corrected chi connectivity index (χ3v) is 3.60. The molecule has 2 atom stereocenters. The lowest BCUT2D eigenvalue weighted by Gasteiger charge is -2.30. The zero-order chi connectivity index (χ0) is 13.3. The average Bonchev–Trinajstić information content (AvgIpc) is 2.74. The summed E-state index contributed by atoms with van der Waals surface area (Å²) in [6, 6.07) is 5.67. The molecule has 0 aliphatic carbocycles. The van der Waals surface area contributed by atoms with Gasteiger partial charge in [-0.05, 0) is 38.0 Å². The van der Waals surface area contributed by atoms with Gasteiger partial charge in [0.2, 0.25) is 0 Å². The molecule has 0 radical (unpaired) electrons. The highest BCUT2D eigenvalue weighted by molar-refractivity contribution is 5.94. The number of hydrogen-bond donors (Lipinski definition) is 1. The summed E-state index contributed by atoms with van der Waals surface area (Å²) in [7, 11) is 1.94. The van der Waals surface area contributed by atoms with E-state index in [0.717, 1.165) is 24.3 Å². The number of aromatic carboxylic acids is 1. The second kappa shape index (κ2) is 4.98. The van der Waals surface area contributed by atoms with Crippen molar-refractivity contribution in [1.29, 1.82) is 0 Å². The van der Waals surface area contributed by atoms with Crippen LogP contribution in [0.15, 0.2) is 18.2 Å². The van der Waals surface area contributed by atoms with Crippen molar-refractivity contribution in [3.8, 4) is 0 Å². The summed E-state index contributed by atoms with van der Waals surface area (Å²) < 4.78 is 5.55. The lowest BCUT2D eigenvalue weighted by molar-refractivity contribution is 0.0697. The van der Waals surface area contributed by atoms with E-state index in [1.54, 1.807) is 6.07 Å². The van der Waals surface area contributed by atoms with Crippen LogP contribution in [0.5, 0.6) is 0 Å². The van der Waals surface area contributed by atoms with E-state index in [2.05, 4.69) is 0 Å². The van der Waals surface area contributed by atoms with Crippen LogP contribution in [0.4, 0.5) is 5.69 Å². The Balaban J connectivity index is 2.36. The summed E-state index contributed by atoms with van der Waals surface area (Å²) in [5, 5.41) is 9.26. The van der Waals surface area contributed by atoms with Crippen LogP contribution in [-0.4, -0.2) is 36.9 Å². The fraction of sp³-hybridized carbons (Fsp3) is 0.500. The summed E-state index contributed by atoms with van der Waals surface area (Å²) >= 11 is 0. The lowest BCUT2D eigenvalue weighted by Crippen LogP contribution is -2.37. The summed E-state index contributed by atoms with van der Waals surface area (Å²) in [5.41, 5.74) is 2.18. The molecule has 0 aromatic heterocycles. The Morgan fingerprint density at radius 2 is 2.22 bits per heavy atom. The minimum Gasteiger partial charge on any atom is -0.478 e. The molecule has 2 rings (SSSR count). The molecule has 1 saturated heterocycles. The number of nitrogens with zero attached hydrogens (tertiary/aromatic N) is 1. The second-order valence-electron chi connectivity index (χ2n) is 4.87. The molecule has 1 fully saturated rings. The highest BCUT2D eigenvalue weighted by atomic mass is 16.5. The number of aryl methyl sites for hydroxylation is 1. The maximum atomic E-state index is 11.3. The molecule has 18 heavy (non-hydrogen) atoms. The van der Waals surface area contributed by atoms with Gasteiger partial charge >= 0.3 is 5.97 Å². The molecule has 0 spiro atoms. The predicted octanol–water partition coefficient (Wildman–Crippen LogP) is 2.31. The average molecular weight is 249 g/mol. The lowest BCUT2D eigenvalue weighted by atomic mass is 10.0. The molecule has 4 nitrogen and oxygen atoms in total. The standard InChI is InChI=1S/C14H19NO3/c1-9-4-5-11(14(16)17)13(8-9)15(3)12-6-7-18-10(12)2/h4-5,8,10,12H,6-7H2,1-3H3,(H,16,17). The maximum Gasteiger partial charge on any atom is 0.337 e. The molecule has 1 N–H and O–H groups in total. The van der Waals surface area contributed by atoms with Crippen LogP contribution in [0.2, 0.25) is 0 Å². The molecule has 2 unspecified atom stereocenters. The van der Waals surface area contributed by atoms with Crippen LogP contribution in [-0.2, 0) is 4.74 Å². The molecule has 0 bridgehead atoms. The molecule has 1 heterocycles. The number of likely N-dealkylation sites (N-methyl/N-ethyl adjacent to an activating group) is 1. The number of anilines is 1. The summed E-state index contributed by atoms with van der Waals surface area (Å²) in [6.07, 6.45) is 1.07. The Kier molecular flexibility index (Phi) is 3.57. The number of carboxylic acid groups (broad SMARTS) is 1. The molecular weight excluding hydrogens is 230 g/mol. The topological polar surface area (TPSA) is 49.8 Å². The Morgan fingerprint density at radius 3 is 2.78 bits per heavy atom. The minimum atomic E-state index is -0.886. The van der Waals surface area contributed by atoms with E-state index in [0.29, 0.717) is 5.56 Å². The van der Waals surface area contributed by atoms with Crippen LogP contribution < -0.4 is 4.90 Å². The summed E-state index contributed by atoms with van der Waals surface area (Å²) in [5.74, 6) is -0.886. The molecule has 1 aliphatic rings. The zero-order valence-electron chi connectivity index (χ0n) is 11.0. The molecule has 98 valence electrons. The van der Waals surface area contributed by atoms with E-state index in [1.807, 2.05) is 37.9 Å². The molecule has 1 aromatic carbocycles.